The van der Waals surface area contributed by atoms with Crippen LogP contribution in [0.3, 0.4) is 0 Å². The van der Waals surface area contributed by atoms with Crippen molar-refractivity contribution in [3.8, 4) is 0 Å². The fraction of sp³-hybridized carbons (Fsp3) is 0.500. The standard InChI is InChI=1S/C12H16ClN3O4S/c1-12(2,3)9(8-5-7(13)6-20-8)14-10-11(19-4)16-21(17,18)15-10/h5-6,9H,1-4H3,(H,14,15). The van der Waals surface area contributed by atoms with Gasteiger partial charge < -0.3 is 14.5 Å². The Kier molecular flexibility index (Phi) is 4.03. The first kappa shape index (κ1) is 15.8. The van der Waals surface area contributed by atoms with Gasteiger partial charge in [0.05, 0.1) is 18.2 Å². The molecule has 0 fully saturated rings. The Morgan fingerprint density at radius 2 is 2.05 bits per heavy atom. The number of hydrogen-bond donors (Lipinski definition) is 1. The Morgan fingerprint density at radius 1 is 1.38 bits per heavy atom. The molecule has 1 unspecified atom stereocenters. The fourth-order valence-electron chi connectivity index (χ4n) is 1.88. The van der Waals surface area contributed by atoms with E-state index in [2.05, 4.69) is 14.1 Å². The summed E-state index contributed by atoms with van der Waals surface area (Å²) in [4.78, 5) is 0. The number of hydrogen-bond acceptors (Lipinski definition) is 5. The van der Waals surface area contributed by atoms with Crippen LogP contribution in [0.2, 0.25) is 5.02 Å². The average molecular weight is 334 g/mol. The highest BCUT2D eigenvalue weighted by molar-refractivity contribution is 7.89. The summed E-state index contributed by atoms with van der Waals surface area (Å²) in [6.07, 6.45) is 1.41. The third kappa shape index (κ3) is 3.56. The Morgan fingerprint density at radius 3 is 2.52 bits per heavy atom. The van der Waals surface area contributed by atoms with Crippen molar-refractivity contribution >= 4 is 33.5 Å². The second-order valence-corrected chi connectivity index (χ2v) is 7.30. The van der Waals surface area contributed by atoms with E-state index in [0.717, 1.165) is 0 Å². The van der Waals surface area contributed by atoms with Crippen LogP contribution in [-0.2, 0) is 14.9 Å². The highest BCUT2D eigenvalue weighted by Crippen LogP contribution is 2.35. The lowest BCUT2D eigenvalue weighted by Gasteiger charge is -2.30. The van der Waals surface area contributed by atoms with Crippen LogP contribution < -0.4 is 5.32 Å². The lowest BCUT2D eigenvalue weighted by atomic mass is 9.85. The van der Waals surface area contributed by atoms with Crippen LogP contribution in [0.1, 0.15) is 32.6 Å². The molecule has 0 aromatic carbocycles. The average Bonchev–Trinajstić information content (AvgIpc) is 2.87. The molecule has 0 saturated heterocycles. The summed E-state index contributed by atoms with van der Waals surface area (Å²) in [5.74, 6) is 0.529. The summed E-state index contributed by atoms with van der Waals surface area (Å²) in [5, 5.41) is 3.47. The molecule has 116 valence electrons. The van der Waals surface area contributed by atoms with Crippen molar-refractivity contribution in [1.82, 2.24) is 5.32 Å². The molecule has 2 heterocycles. The van der Waals surface area contributed by atoms with Crippen LogP contribution in [-0.4, -0.2) is 27.3 Å². The molecule has 9 heteroatoms. The van der Waals surface area contributed by atoms with Crippen LogP contribution in [0.5, 0.6) is 0 Å². The molecular weight excluding hydrogens is 318 g/mol. The van der Waals surface area contributed by atoms with E-state index in [4.69, 9.17) is 20.8 Å². The number of halogens is 1. The summed E-state index contributed by atoms with van der Waals surface area (Å²) in [7, 11) is -2.57. The topological polar surface area (TPSA) is 93.3 Å². The number of rotatable bonds is 2. The molecule has 1 atom stereocenters. The fourth-order valence-corrected chi connectivity index (χ4v) is 2.80. The smallest absolute Gasteiger partial charge is 0.368 e. The number of nitrogens with zero attached hydrogens (tertiary/aromatic N) is 2. The van der Waals surface area contributed by atoms with Gasteiger partial charge in [-0.15, -0.1) is 8.80 Å². The summed E-state index contributed by atoms with van der Waals surface area (Å²) >= 11 is 5.88. The Bertz CT molecular complexity index is 700. The van der Waals surface area contributed by atoms with Gasteiger partial charge >= 0.3 is 10.2 Å². The molecule has 0 bridgehead atoms. The maximum atomic E-state index is 11.4. The molecule has 1 aromatic rings. The molecule has 0 spiro atoms. The predicted molar refractivity (Wildman–Crippen MR) is 79.8 cm³/mol. The van der Waals surface area contributed by atoms with Crippen molar-refractivity contribution in [2.24, 2.45) is 14.2 Å². The summed E-state index contributed by atoms with van der Waals surface area (Å²) in [6, 6.07) is 1.30. The van der Waals surface area contributed by atoms with E-state index in [-0.39, 0.29) is 23.2 Å². The summed E-state index contributed by atoms with van der Waals surface area (Å²) < 4.78 is 40.2. The van der Waals surface area contributed by atoms with E-state index < -0.39 is 10.2 Å². The molecule has 0 amide bonds. The number of ether oxygens (including phenoxy) is 1. The van der Waals surface area contributed by atoms with Gasteiger partial charge in [-0.1, -0.05) is 32.4 Å². The molecule has 2 rings (SSSR count). The van der Waals surface area contributed by atoms with E-state index in [9.17, 15) is 8.42 Å². The van der Waals surface area contributed by atoms with Gasteiger partial charge in [0.2, 0.25) is 5.84 Å². The normalized spacial score (nSPS) is 18.9. The van der Waals surface area contributed by atoms with Crippen LogP contribution in [0.15, 0.2) is 25.5 Å². The van der Waals surface area contributed by atoms with Gasteiger partial charge in [-0.05, 0) is 5.41 Å². The Balaban J connectivity index is 2.36. The highest BCUT2D eigenvalue weighted by atomic mass is 35.5. The molecule has 1 aromatic heterocycles. The molecule has 0 aliphatic carbocycles. The summed E-state index contributed by atoms with van der Waals surface area (Å²) in [5.41, 5.74) is -0.297. The summed E-state index contributed by atoms with van der Waals surface area (Å²) in [6.45, 7) is 5.90. The quantitative estimate of drug-likeness (QED) is 0.896. The van der Waals surface area contributed by atoms with Crippen molar-refractivity contribution in [2.75, 3.05) is 7.11 Å². The second kappa shape index (κ2) is 5.34. The van der Waals surface area contributed by atoms with Gasteiger partial charge in [0.25, 0.3) is 5.90 Å². The SMILES string of the molecule is COC1=NS(=O)(=O)N=C1NC(c1cc(Cl)co1)C(C)(C)C. The maximum Gasteiger partial charge on any atom is 0.368 e. The van der Waals surface area contributed by atoms with E-state index in [1.54, 1.807) is 6.07 Å². The number of amidine groups is 1. The number of furan rings is 1. The first-order valence-electron chi connectivity index (χ1n) is 6.12. The highest BCUT2D eigenvalue weighted by Gasteiger charge is 2.34. The van der Waals surface area contributed by atoms with E-state index >= 15 is 0 Å². The van der Waals surface area contributed by atoms with Crippen molar-refractivity contribution in [3.63, 3.8) is 0 Å². The van der Waals surface area contributed by atoms with Gasteiger partial charge in [0, 0.05) is 6.07 Å². The minimum atomic E-state index is -3.89. The molecule has 0 radical (unpaired) electrons. The van der Waals surface area contributed by atoms with Crippen LogP contribution in [0.25, 0.3) is 0 Å². The van der Waals surface area contributed by atoms with Crippen molar-refractivity contribution in [2.45, 2.75) is 26.8 Å². The first-order valence-corrected chi connectivity index (χ1v) is 7.89. The second-order valence-electron chi connectivity index (χ2n) is 5.60. The minimum Gasteiger partial charge on any atom is -0.478 e. The number of nitrogens with one attached hydrogen (secondary N) is 1. The van der Waals surface area contributed by atoms with Crippen molar-refractivity contribution in [3.05, 3.63) is 23.1 Å². The zero-order valence-electron chi connectivity index (χ0n) is 12.0. The molecule has 7 nitrogen and oxygen atoms in total. The first-order chi connectivity index (χ1) is 9.62. The van der Waals surface area contributed by atoms with Crippen LogP contribution in [0.4, 0.5) is 0 Å². The van der Waals surface area contributed by atoms with E-state index in [1.165, 1.54) is 13.4 Å². The van der Waals surface area contributed by atoms with Gasteiger partial charge in [-0.25, -0.2) is 0 Å². The molecule has 1 N–H and O–H groups in total. The molecular formula is C12H16ClN3O4S. The molecule has 1 aliphatic heterocycles. The monoisotopic (exact) mass is 333 g/mol. The van der Waals surface area contributed by atoms with Gasteiger partial charge in [-0.2, -0.15) is 8.42 Å². The Labute approximate surface area is 128 Å². The lowest BCUT2D eigenvalue weighted by molar-refractivity contribution is 0.263. The largest absolute Gasteiger partial charge is 0.478 e. The van der Waals surface area contributed by atoms with Gasteiger partial charge in [0.1, 0.15) is 12.0 Å². The lowest BCUT2D eigenvalue weighted by Crippen LogP contribution is -2.39. The number of methoxy groups -OCH3 is 1. The molecule has 21 heavy (non-hydrogen) atoms. The Hall–Kier alpha value is -1.54. The van der Waals surface area contributed by atoms with Crippen LogP contribution >= 0.6 is 11.6 Å². The zero-order valence-corrected chi connectivity index (χ0v) is 13.6. The minimum absolute atomic E-state index is 0.0462. The van der Waals surface area contributed by atoms with E-state index in [0.29, 0.717) is 10.8 Å². The third-order valence-corrected chi connectivity index (χ3v) is 3.83. The predicted octanol–water partition coefficient (Wildman–Crippen LogP) is 2.31. The van der Waals surface area contributed by atoms with Crippen molar-refractivity contribution in [1.29, 1.82) is 0 Å². The third-order valence-electron chi connectivity index (χ3n) is 2.82. The van der Waals surface area contributed by atoms with E-state index in [1.807, 2.05) is 20.8 Å². The zero-order chi connectivity index (χ0) is 15.8. The van der Waals surface area contributed by atoms with Gasteiger partial charge in [-0.3, -0.25) is 0 Å². The molecule has 0 saturated carbocycles. The van der Waals surface area contributed by atoms with Gasteiger partial charge in [0.15, 0.2) is 0 Å². The van der Waals surface area contributed by atoms with Crippen molar-refractivity contribution < 1.29 is 17.6 Å². The molecule has 1 aliphatic rings. The maximum absolute atomic E-state index is 11.4. The van der Waals surface area contributed by atoms with Crippen LogP contribution in [0, 0.1) is 5.41 Å².